The third kappa shape index (κ3) is 4.62. The number of carboxylic acids is 1. The molecule has 2 aromatic carbocycles. The Morgan fingerprint density at radius 3 is 2.33 bits per heavy atom. The first-order valence-electron chi connectivity index (χ1n) is 10.7. The lowest BCUT2D eigenvalue weighted by atomic mass is 9.82. The maximum Gasteiger partial charge on any atom is 0.335 e. The van der Waals surface area contributed by atoms with E-state index in [9.17, 15) is 9.59 Å². The zero-order valence-corrected chi connectivity index (χ0v) is 17.7. The molecule has 4 rings (SSSR count). The van der Waals surface area contributed by atoms with E-state index in [0.717, 1.165) is 36.2 Å². The van der Waals surface area contributed by atoms with Gasteiger partial charge in [0, 0.05) is 30.3 Å². The average molecular weight is 427 g/mol. The van der Waals surface area contributed by atoms with Gasteiger partial charge >= 0.3 is 5.97 Å². The molecule has 0 spiro atoms. The number of benzene rings is 2. The number of amides is 1. The first-order chi connectivity index (χ1) is 14.5. The van der Waals surface area contributed by atoms with Crippen molar-refractivity contribution in [1.82, 2.24) is 5.32 Å². The number of halogens is 1. The summed E-state index contributed by atoms with van der Waals surface area (Å²) in [6, 6.07) is 12.3. The highest BCUT2D eigenvalue weighted by Crippen LogP contribution is 2.39. The van der Waals surface area contributed by atoms with Gasteiger partial charge in [-0.2, -0.15) is 0 Å². The van der Waals surface area contributed by atoms with E-state index >= 15 is 0 Å². The van der Waals surface area contributed by atoms with E-state index in [1.165, 1.54) is 25.7 Å². The van der Waals surface area contributed by atoms with Crippen molar-refractivity contribution in [2.75, 3.05) is 24.5 Å². The fraction of sp³-hybridized carbons (Fsp3) is 0.417. The van der Waals surface area contributed by atoms with Gasteiger partial charge in [0.1, 0.15) is 0 Å². The molecule has 6 heteroatoms. The minimum Gasteiger partial charge on any atom is -0.478 e. The minimum absolute atomic E-state index is 0.121. The summed E-state index contributed by atoms with van der Waals surface area (Å²) in [5.41, 5.74) is 2.84. The molecule has 1 aliphatic carbocycles. The normalized spacial score (nSPS) is 20.6. The average Bonchev–Trinajstić information content (AvgIpc) is 3.18. The van der Waals surface area contributed by atoms with Gasteiger partial charge in [-0.05, 0) is 67.0 Å². The van der Waals surface area contributed by atoms with Gasteiger partial charge in [0.15, 0.2) is 0 Å². The highest BCUT2D eigenvalue weighted by Gasteiger charge is 2.35. The van der Waals surface area contributed by atoms with E-state index < -0.39 is 5.97 Å². The smallest absolute Gasteiger partial charge is 0.335 e. The van der Waals surface area contributed by atoms with Crippen LogP contribution in [0.15, 0.2) is 42.5 Å². The molecule has 0 bridgehead atoms. The van der Waals surface area contributed by atoms with E-state index in [2.05, 4.69) is 10.2 Å². The van der Waals surface area contributed by atoms with Gasteiger partial charge in [0.05, 0.1) is 11.1 Å². The highest BCUT2D eigenvalue weighted by molar-refractivity contribution is 6.31. The van der Waals surface area contributed by atoms with Crippen molar-refractivity contribution in [3.63, 3.8) is 0 Å². The van der Waals surface area contributed by atoms with Gasteiger partial charge in [0.2, 0.25) is 0 Å². The number of aromatic carboxylic acids is 1. The summed E-state index contributed by atoms with van der Waals surface area (Å²) in [4.78, 5) is 26.3. The summed E-state index contributed by atoms with van der Waals surface area (Å²) in [6.07, 6.45) is 5.84. The lowest BCUT2D eigenvalue weighted by Gasteiger charge is -2.22. The Morgan fingerprint density at radius 2 is 1.70 bits per heavy atom. The van der Waals surface area contributed by atoms with Crippen LogP contribution in [0.5, 0.6) is 0 Å². The summed E-state index contributed by atoms with van der Waals surface area (Å²) < 4.78 is 0. The van der Waals surface area contributed by atoms with Crippen LogP contribution in [0.3, 0.4) is 0 Å². The van der Waals surface area contributed by atoms with Gasteiger partial charge in [0.25, 0.3) is 5.91 Å². The summed E-state index contributed by atoms with van der Waals surface area (Å²) >= 11 is 6.21. The summed E-state index contributed by atoms with van der Waals surface area (Å²) in [6.45, 7) is 2.51. The molecule has 1 saturated carbocycles. The third-order valence-electron chi connectivity index (χ3n) is 6.42. The lowest BCUT2D eigenvalue weighted by molar-refractivity contribution is 0.0696. The lowest BCUT2D eigenvalue weighted by Crippen LogP contribution is -2.29. The van der Waals surface area contributed by atoms with Crippen LogP contribution < -0.4 is 10.2 Å². The highest BCUT2D eigenvalue weighted by atomic mass is 35.5. The van der Waals surface area contributed by atoms with Crippen molar-refractivity contribution in [3.8, 4) is 0 Å². The second-order valence-electron chi connectivity index (χ2n) is 8.38. The molecular formula is C24H27ClN2O3. The molecule has 2 fully saturated rings. The number of nitrogens with zero attached hydrogens (tertiary/aromatic N) is 1. The molecule has 1 saturated heterocycles. The van der Waals surface area contributed by atoms with Crippen LogP contribution in [-0.4, -0.2) is 36.6 Å². The summed E-state index contributed by atoms with van der Waals surface area (Å²) in [5.74, 6) is 0.410. The number of hydrogen-bond donors (Lipinski definition) is 2. The molecule has 2 N–H and O–H groups in total. The monoisotopic (exact) mass is 426 g/mol. The topological polar surface area (TPSA) is 69.6 Å². The number of carbonyl (C=O) groups excluding carboxylic acids is 1. The first-order valence-corrected chi connectivity index (χ1v) is 11.0. The second kappa shape index (κ2) is 9.09. The SMILES string of the molecule is O=C(O)c1ccc(CCNC(=O)c2cc(Cl)ccc2N2CC3CCCCC3C2)cc1. The van der Waals surface area contributed by atoms with Gasteiger partial charge in [-0.15, -0.1) is 0 Å². The molecule has 2 aromatic rings. The fourth-order valence-electron chi connectivity index (χ4n) is 4.80. The van der Waals surface area contributed by atoms with Crippen molar-refractivity contribution in [2.45, 2.75) is 32.1 Å². The quantitative estimate of drug-likeness (QED) is 0.706. The first kappa shape index (κ1) is 20.7. The van der Waals surface area contributed by atoms with Crippen molar-refractivity contribution in [3.05, 3.63) is 64.2 Å². The van der Waals surface area contributed by atoms with E-state index in [-0.39, 0.29) is 11.5 Å². The molecule has 158 valence electrons. The zero-order valence-electron chi connectivity index (χ0n) is 16.9. The Hall–Kier alpha value is -2.53. The van der Waals surface area contributed by atoms with Crippen LogP contribution in [0.1, 0.15) is 52.0 Å². The summed E-state index contributed by atoms with van der Waals surface area (Å²) in [7, 11) is 0. The molecule has 2 aliphatic rings. The van der Waals surface area contributed by atoms with Crippen LogP contribution in [0.25, 0.3) is 0 Å². The largest absolute Gasteiger partial charge is 0.478 e. The van der Waals surface area contributed by atoms with E-state index in [4.69, 9.17) is 16.7 Å². The summed E-state index contributed by atoms with van der Waals surface area (Å²) in [5, 5.41) is 12.5. The van der Waals surface area contributed by atoms with Crippen LogP contribution >= 0.6 is 11.6 Å². The number of carbonyl (C=O) groups is 2. The third-order valence-corrected chi connectivity index (χ3v) is 6.66. The number of hydrogen-bond acceptors (Lipinski definition) is 3. The van der Waals surface area contributed by atoms with E-state index in [0.29, 0.717) is 23.6 Å². The number of carboxylic acid groups (broad SMARTS) is 1. The fourth-order valence-corrected chi connectivity index (χ4v) is 4.97. The van der Waals surface area contributed by atoms with Gasteiger partial charge in [-0.3, -0.25) is 4.79 Å². The Balaban J connectivity index is 1.41. The molecule has 30 heavy (non-hydrogen) atoms. The molecule has 5 nitrogen and oxygen atoms in total. The number of rotatable bonds is 6. The van der Waals surface area contributed by atoms with Crippen molar-refractivity contribution in [2.24, 2.45) is 11.8 Å². The Labute approximate surface area is 182 Å². The Morgan fingerprint density at radius 1 is 1.03 bits per heavy atom. The van der Waals surface area contributed by atoms with Crippen LogP contribution in [-0.2, 0) is 6.42 Å². The van der Waals surface area contributed by atoms with Crippen LogP contribution in [0.2, 0.25) is 5.02 Å². The standard InChI is InChI=1S/C24H27ClN2O3/c25-20-9-10-22(27-14-18-3-1-2-4-19(18)15-27)21(13-20)23(28)26-12-11-16-5-7-17(8-6-16)24(29)30/h5-10,13,18-19H,1-4,11-12,14-15H2,(H,26,28)(H,29,30). The van der Waals surface area contributed by atoms with E-state index in [1.807, 2.05) is 12.1 Å². The molecule has 0 radical (unpaired) electrons. The maximum atomic E-state index is 12.9. The molecule has 1 heterocycles. The zero-order chi connectivity index (χ0) is 21.1. The molecule has 2 unspecified atom stereocenters. The van der Waals surface area contributed by atoms with Crippen LogP contribution in [0, 0.1) is 11.8 Å². The van der Waals surface area contributed by atoms with Gasteiger partial charge in [-0.25, -0.2) is 4.79 Å². The van der Waals surface area contributed by atoms with Crippen molar-refractivity contribution >= 4 is 29.2 Å². The Bertz CT molecular complexity index is 915. The molecule has 2 atom stereocenters. The number of anilines is 1. The number of nitrogens with one attached hydrogen (secondary N) is 1. The molecule has 0 aromatic heterocycles. The van der Waals surface area contributed by atoms with Gasteiger partial charge < -0.3 is 15.3 Å². The number of fused-ring (bicyclic) bond motifs is 1. The second-order valence-corrected chi connectivity index (χ2v) is 8.82. The predicted octanol–water partition coefficient (Wildman–Crippen LogP) is 4.64. The minimum atomic E-state index is -0.940. The predicted molar refractivity (Wildman–Crippen MR) is 119 cm³/mol. The maximum absolute atomic E-state index is 12.9. The van der Waals surface area contributed by atoms with E-state index in [1.54, 1.807) is 30.3 Å². The molecule has 1 amide bonds. The molecular weight excluding hydrogens is 400 g/mol. The molecule has 1 aliphatic heterocycles. The van der Waals surface area contributed by atoms with Gasteiger partial charge in [-0.1, -0.05) is 36.6 Å². The van der Waals surface area contributed by atoms with Crippen LogP contribution in [0.4, 0.5) is 5.69 Å². The van der Waals surface area contributed by atoms with Crippen molar-refractivity contribution < 1.29 is 14.7 Å². The van der Waals surface area contributed by atoms with Crippen molar-refractivity contribution in [1.29, 1.82) is 0 Å². The Kier molecular flexibility index (Phi) is 6.28.